The van der Waals surface area contributed by atoms with E-state index in [0.717, 1.165) is 19.3 Å². The lowest BCUT2D eigenvalue weighted by atomic mass is 9.93. The van der Waals surface area contributed by atoms with Crippen LogP contribution < -0.4 is 10.5 Å². The predicted molar refractivity (Wildman–Crippen MR) is 108 cm³/mol. The van der Waals surface area contributed by atoms with Gasteiger partial charge in [0.25, 0.3) is 0 Å². The van der Waals surface area contributed by atoms with Crippen LogP contribution in [0.5, 0.6) is 0 Å². The molecule has 8 nitrogen and oxygen atoms in total. The SMILES string of the molecule is CC(C)(C)OC(=O)N1C[C@@H](CCCNc2cc(S(N)(=O)=O)ccn2)CC1(C)C. The number of carbonyl (C=O) groups excluding carboxylic acids is 1. The van der Waals surface area contributed by atoms with E-state index >= 15 is 0 Å². The molecular formula is C19H32N4O4S. The highest BCUT2D eigenvalue weighted by Gasteiger charge is 2.42. The third-order valence-corrected chi connectivity index (χ3v) is 5.64. The number of nitrogens with one attached hydrogen (secondary N) is 1. The van der Waals surface area contributed by atoms with Gasteiger partial charge >= 0.3 is 6.09 Å². The summed E-state index contributed by atoms with van der Waals surface area (Å²) in [5.74, 6) is 0.877. The second kappa shape index (κ2) is 8.24. The minimum atomic E-state index is -3.74. The van der Waals surface area contributed by atoms with Crippen molar-refractivity contribution in [3.63, 3.8) is 0 Å². The van der Waals surface area contributed by atoms with Crippen LogP contribution in [0, 0.1) is 5.92 Å². The van der Waals surface area contributed by atoms with Crippen molar-refractivity contribution in [2.45, 2.75) is 69.9 Å². The zero-order valence-electron chi connectivity index (χ0n) is 17.4. The molecule has 1 atom stereocenters. The Balaban J connectivity index is 1.83. The lowest BCUT2D eigenvalue weighted by Gasteiger charge is -2.33. The lowest BCUT2D eigenvalue weighted by molar-refractivity contribution is 0.0131. The number of hydrogen-bond donors (Lipinski definition) is 2. The van der Waals surface area contributed by atoms with E-state index in [1.165, 1.54) is 18.3 Å². The average molecular weight is 413 g/mol. The zero-order valence-corrected chi connectivity index (χ0v) is 18.2. The maximum atomic E-state index is 12.5. The number of anilines is 1. The summed E-state index contributed by atoms with van der Waals surface area (Å²) in [6, 6.07) is 2.80. The molecule has 0 spiro atoms. The Bertz CT molecular complexity index is 802. The summed E-state index contributed by atoms with van der Waals surface area (Å²) in [5, 5.41) is 8.27. The van der Waals surface area contributed by atoms with Gasteiger partial charge in [0.2, 0.25) is 10.0 Å². The number of nitrogens with zero attached hydrogens (tertiary/aromatic N) is 2. The number of ether oxygens (including phenoxy) is 1. The first-order valence-corrected chi connectivity index (χ1v) is 11.1. The Morgan fingerprint density at radius 1 is 1.43 bits per heavy atom. The third kappa shape index (κ3) is 6.34. The maximum Gasteiger partial charge on any atom is 0.410 e. The van der Waals surface area contributed by atoms with E-state index in [4.69, 9.17) is 9.88 Å². The van der Waals surface area contributed by atoms with Gasteiger partial charge < -0.3 is 15.0 Å². The number of sulfonamides is 1. The van der Waals surface area contributed by atoms with Crippen LogP contribution in [0.15, 0.2) is 23.2 Å². The molecule has 1 aromatic heterocycles. The number of rotatable bonds is 6. The van der Waals surface area contributed by atoms with Crippen molar-refractivity contribution >= 4 is 21.9 Å². The highest BCUT2D eigenvalue weighted by molar-refractivity contribution is 7.89. The van der Waals surface area contributed by atoms with Gasteiger partial charge in [0, 0.05) is 30.9 Å². The number of carbonyl (C=O) groups is 1. The third-order valence-electron chi connectivity index (χ3n) is 4.73. The van der Waals surface area contributed by atoms with Crippen molar-refractivity contribution in [2.75, 3.05) is 18.4 Å². The summed E-state index contributed by atoms with van der Waals surface area (Å²) in [6.07, 6.45) is 3.91. The van der Waals surface area contributed by atoms with Crippen molar-refractivity contribution < 1.29 is 17.9 Å². The Labute approximate surface area is 167 Å². The van der Waals surface area contributed by atoms with Gasteiger partial charge in [-0.05, 0) is 65.9 Å². The molecule has 0 bridgehead atoms. The molecule has 1 aliphatic rings. The smallest absolute Gasteiger partial charge is 0.410 e. The molecule has 1 aliphatic heterocycles. The van der Waals surface area contributed by atoms with E-state index in [-0.39, 0.29) is 16.5 Å². The number of nitrogens with two attached hydrogens (primary N) is 1. The molecule has 9 heteroatoms. The monoisotopic (exact) mass is 412 g/mol. The summed E-state index contributed by atoms with van der Waals surface area (Å²) < 4.78 is 28.3. The molecule has 0 radical (unpaired) electrons. The van der Waals surface area contributed by atoms with Gasteiger partial charge in [0.15, 0.2) is 0 Å². The fraction of sp³-hybridized carbons (Fsp3) is 0.684. The average Bonchev–Trinajstić information content (AvgIpc) is 2.84. The van der Waals surface area contributed by atoms with Gasteiger partial charge in [0.1, 0.15) is 11.4 Å². The van der Waals surface area contributed by atoms with Crippen molar-refractivity contribution in [3.8, 4) is 0 Å². The largest absolute Gasteiger partial charge is 0.444 e. The fourth-order valence-corrected chi connectivity index (χ4v) is 4.04. The lowest BCUT2D eigenvalue weighted by Crippen LogP contribution is -2.45. The molecule has 0 unspecified atom stereocenters. The Morgan fingerprint density at radius 3 is 2.71 bits per heavy atom. The van der Waals surface area contributed by atoms with Crippen molar-refractivity contribution in [1.29, 1.82) is 0 Å². The molecule has 1 aromatic rings. The number of aromatic nitrogens is 1. The molecule has 28 heavy (non-hydrogen) atoms. The number of hydrogen-bond acceptors (Lipinski definition) is 6. The van der Waals surface area contributed by atoms with Crippen LogP contribution in [0.25, 0.3) is 0 Å². The highest BCUT2D eigenvalue weighted by atomic mass is 32.2. The summed E-state index contributed by atoms with van der Waals surface area (Å²) in [5.41, 5.74) is -0.737. The second-order valence-corrected chi connectivity index (χ2v) is 10.5. The topological polar surface area (TPSA) is 115 Å². The Morgan fingerprint density at radius 2 is 2.11 bits per heavy atom. The molecule has 158 valence electrons. The van der Waals surface area contributed by atoms with Crippen LogP contribution in [-0.4, -0.2) is 48.6 Å². The molecule has 0 aromatic carbocycles. The minimum Gasteiger partial charge on any atom is -0.444 e. The Hall–Kier alpha value is -1.87. The van der Waals surface area contributed by atoms with Crippen LogP contribution in [-0.2, 0) is 14.8 Å². The molecule has 2 heterocycles. The number of pyridine rings is 1. The summed E-state index contributed by atoms with van der Waals surface area (Å²) in [7, 11) is -3.74. The van der Waals surface area contributed by atoms with Gasteiger partial charge in [-0.25, -0.2) is 23.3 Å². The first kappa shape index (κ1) is 22.4. The standard InChI is InChI=1S/C19H32N4O4S/c1-18(2,3)27-17(24)23-13-14(12-19(23,4)5)7-6-9-21-16-11-15(8-10-22-16)28(20,25)26/h8,10-11,14H,6-7,9,12-13H2,1-5H3,(H,21,22)(H2,20,25,26)/t14-/m0/s1. The first-order valence-electron chi connectivity index (χ1n) is 9.51. The van der Waals surface area contributed by atoms with Crippen molar-refractivity contribution in [3.05, 3.63) is 18.3 Å². The predicted octanol–water partition coefficient (Wildman–Crippen LogP) is 2.96. The molecule has 0 aliphatic carbocycles. The molecular weight excluding hydrogens is 380 g/mol. The van der Waals surface area contributed by atoms with E-state index in [9.17, 15) is 13.2 Å². The molecule has 1 fully saturated rings. The number of likely N-dealkylation sites (tertiary alicyclic amines) is 1. The first-order chi connectivity index (χ1) is 12.8. The van der Waals surface area contributed by atoms with E-state index in [1.54, 1.807) is 0 Å². The van der Waals surface area contributed by atoms with Crippen LogP contribution in [0.2, 0.25) is 0 Å². The summed E-state index contributed by atoms with van der Waals surface area (Å²) in [6.45, 7) is 11.1. The molecule has 1 saturated heterocycles. The van der Waals surface area contributed by atoms with Crippen molar-refractivity contribution in [1.82, 2.24) is 9.88 Å². The van der Waals surface area contributed by atoms with Gasteiger partial charge in [-0.15, -0.1) is 0 Å². The van der Waals surface area contributed by atoms with Crippen LogP contribution >= 0.6 is 0 Å². The zero-order chi connectivity index (χ0) is 21.2. The molecule has 3 N–H and O–H groups in total. The van der Waals surface area contributed by atoms with Crippen LogP contribution in [0.3, 0.4) is 0 Å². The van der Waals surface area contributed by atoms with Gasteiger partial charge in [-0.1, -0.05) is 0 Å². The van der Waals surface area contributed by atoms with Gasteiger partial charge in [-0.2, -0.15) is 0 Å². The fourth-order valence-electron chi connectivity index (χ4n) is 3.51. The van der Waals surface area contributed by atoms with E-state index in [0.29, 0.717) is 24.8 Å². The van der Waals surface area contributed by atoms with Crippen molar-refractivity contribution in [2.24, 2.45) is 11.1 Å². The summed E-state index contributed by atoms with van der Waals surface area (Å²) >= 11 is 0. The van der Waals surface area contributed by atoms with Crippen LogP contribution in [0.4, 0.5) is 10.6 Å². The maximum absolute atomic E-state index is 12.5. The second-order valence-electron chi connectivity index (χ2n) is 8.96. The minimum absolute atomic E-state index is 0.0375. The van der Waals surface area contributed by atoms with E-state index in [1.807, 2.05) is 25.7 Å². The highest BCUT2D eigenvalue weighted by Crippen LogP contribution is 2.36. The quantitative estimate of drug-likeness (QED) is 0.694. The van der Waals surface area contributed by atoms with Gasteiger partial charge in [-0.3, -0.25) is 0 Å². The van der Waals surface area contributed by atoms with E-state index < -0.39 is 15.6 Å². The molecule has 2 rings (SSSR count). The molecule has 1 amide bonds. The van der Waals surface area contributed by atoms with Crippen LogP contribution in [0.1, 0.15) is 53.9 Å². The van der Waals surface area contributed by atoms with Gasteiger partial charge in [0.05, 0.1) is 4.90 Å². The summed E-state index contributed by atoms with van der Waals surface area (Å²) in [4.78, 5) is 18.5. The van der Waals surface area contributed by atoms with E-state index in [2.05, 4.69) is 24.1 Å². The number of amides is 1. The molecule has 0 saturated carbocycles. The normalized spacial score (nSPS) is 19.5. The number of primary sulfonamides is 1. The Kier molecular flexibility index (Phi) is 6.60.